The van der Waals surface area contributed by atoms with Crippen LogP contribution in [0.3, 0.4) is 0 Å². The van der Waals surface area contributed by atoms with Gasteiger partial charge in [-0.25, -0.2) is 18.5 Å². The van der Waals surface area contributed by atoms with Crippen molar-refractivity contribution in [3.8, 4) is 5.88 Å². The van der Waals surface area contributed by atoms with Gasteiger partial charge in [-0.2, -0.15) is 5.10 Å². The molecule has 3 aliphatic rings. The first-order valence-corrected chi connectivity index (χ1v) is 14.9. The average molecular weight is 544 g/mol. The van der Waals surface area contributed by atoms with Crippen molar-refractivity contribution in [3.63, 3.8) is 0 Å². The van der Waals surface area contributed by atoms with Crippen molar-refractivity contribution in [1.82, 2.24) is 19.4 Å². The summed E-state index contributed by atoms with van der Waals surface area (Å²) in [5.74, 6) is 4.12. The lowest BCUT2D eigenvalue weighted by atomic mass is 9.99. The van der Waals surface area contributed by atoms with Gasteiger partial charge in [0.05, 0.1) is 35.1 Å². The molecule has 2 heterocycles. The summed E-state index contributed by atoms with van der Waals surface area (Å²) < 4.78 is 29.2. The van der Waals surface area contributed by atoms with Crippen LogP contribution < -0.4 is 14.8 Å². The zero-order valence-electron chi connectivity index (χ0n) is 22.6. The Morgan fingerprint density at radius 3 is 2.47 bits per heavy atom. The van der Waals surface area contributed by atoms with Gasteiger partial charge in [0.2, 0.25) is 5.88 Å². The van der Waals surface area contributed by atoms with Gasteiger partial charge in [-0.3, -0.25) is 4.72 Å². The highest BCUT2D eigenvalue weighted by Gasteiger charge is 2.32. The van der Waals surface area contributed by atoms with Crippen LogP contribution in [0.5, 0.6) is 5.88 Å². The summed E-state index contributed by atoms with van der Waals surface area (Å²) >= 11 is 0. The molecule has 1 aromatic carbocycles. The van der Waals surface area contributed by atoms with Gasteiger partial charge in [0.1, 0.15) is 10.5 Å². The smallest absolute Gasteiger partial charge is 0.410 e. The summed E-state index contributed by atoms with van der Waals surface area (Å²) in [4.78, 5) is 27.5. The largest absolute Gasteiger partial charge is 0.477 e. The maximum absolute atomic E-state index is 13.7. The SMILES string of the molecule is C=S(=O)(NC(=O)Nc1c2c(cc3c1CCC3)CCC2)c1cnn2c1OCCC(N(C)C(=O)OC(C)(C)C)C2. The third kappa shape index (κ3) is 5.21. The maximum atomic E-state index is 13.7. The van der Waals surface area contributed by atoms with Crippen LogP contribution in [0.15, 0.2) is 17.2 Å². The predicted molar refractivity (Wildman–Crippen MR) is 146 cm³/mol. The molecule has 0 spiro atoms. The first-order valence-electron chi connectivity index (χ1n) is 13.2. The van der Waals surface area contributed by atoms with E-state index in [1.807, 2.05) is 20.8 Å². The van der Waals surface area contributed by atoms with E-state index in [0.717, 1.165) is 44.2 Å². The number of amides is 3. The number of carbonyl (C=O) groups is 2. The maximum Gasteiger partial charge on any atom is 0.410 e. The molecule has 38 heavy (non-hydrogen) atoms. The quantitative estimate of drug-likeness (QED) is 0.569. The summed E-state index contributed by atoms with van der Waals surface area (Å²) in [7, 11) is -1.59. The highest BCUT2D eigenvalue weighted by atomic mass is 32.2. The molecule has 2 unspecified atom stereocenters. The molecule has 0 bridgehead atoms. The fraction of sp³-hybridized carbons (Fsp3) is 0.556. The van der Waals surface area contributed by atoms with Gasteiger partial charge in [0, 0.05) is 19.2 Å². The number of aromatic nitrogens is 2. The lowest BCUT2D eigenvalue weighted by Gasteiger charge is -2.29. The van der Waals surface area contributed by atoms with Crippen LogP contribution in [-0.2, 0) is 46.7 Å². The minimum Gasteiger partial charge on any atom is -0.477 e. The summed E-state index contributed by atoms with van der Waals surface area (Å²) in [6, 6.07) is 1.50. The molecule has 5 rings (SSSR count). The molecular weight excluding hydrogens is 506 g/mol. The van der Waals surface area contributed by atoms with E-state index in [9.17, 15) is 13.8 Å². The number of anilines is 1. The number of nitrogens with zero attached hydrogens (tertiary/aromatic N) is 3. The van der Waals surface area contributed by atoms with E-state index in [0.29, 0.717) is 13.0 Å². The molecule has 2 atom stereocenters. The molecule has 0 saturated heterocycles. The number of hydrogen-bond acceptors (Lipinski definition) is 6. The second-order valence-corrected chi connectivity index (χ2v) is 13.3. The number of aryl methyl sites for hydroxylation is 2. The first kappa shape index (κ1) is 26.4. The highest BCUT2D eigenvalue weighted by molar-refractivity contribution is 7.99. The van der Waals surface area contributed by atoms with Crippen molar-refractivity contribution in [2.24, 2.45) is 0 Å². The standard InChI is InChI=1S/C27H37N5O5S/c1-27(2,3)37-26(34)31(4)19-12-13-36-24-22(15-28-32(24)16-19)38(5,35)30-25(33)29-23-20-10-6-8-17(20)14-18-9-7-11-21(18)23/h14-15,19H,5-13,16H2,1-4H3,(H2,29,30,33,35). The Morgan fingerprint density at radius 2 is 1.84 bits per heavy atom. The van der Waals surface area contributed by atoms with E-state index in [4.69, 9.17) is 9.47 Å². The van der Waals surface area contributed by atoms with Crippen molar-refractivity contribution in [2.75, 3.05) is 19.0 Å². The second kappa shape index (κ2) is 9.83. The molecule has 10 nitrogen and oxygen atoms in total. The van der Waals surface area contributed by atoms with Crippen LogP contribution in [0.2, 0.25) is 0 Å². The van der Waals surface area contributed by atoms with Gasteiger partial charge in [0.25, 0.3) is 0 Å². The van der Waals surface area contributed by atoms with E-state index in [1.54, 1.807) is 11.7 Å². The van der Waals surface area contributed by atoms with Gasteiger partial charge < -0.3 is 19.7 Å². The van der Waals surface area contributed by atoms with Crippen molar-refractivity contribution in [2.45, 2.75) is 88.8 Å². The molecule has 3 amide bonds. The molecule has 11 heteroatoms. The second-order valence-electron chi connectivity index (χ2n) is 11.3. The molecule has 0 fully saturated rings. The lowest BCUT2D eigenvalue weighted by molar-refractivity contribution is 0.0197. The summed E-state index contributed by atoms with van der Waals surface area (Å²) in [5, 5.41) is 7.37. The highest BCUT2D eigenvalue weighted by Crippen LogP contribution is 2.38. The molecule has 2 aliphatic carbocycles. The Hall–Kier alpha value is -3.21. The number of rotatable bonds is 4. The summed E-state index contributed by atoms with van der Waals surface area (Å²) in [6.07, 6.45) is 7.58. The van der Waals surface area contributed by atoms with Crippen LogP contribution in [-0.4, -0.2) is 62.2 Å². The third-order valence-electron chi connectivity index (χ3n) is 7.39. The van der Waals surface area contributed by atoms with Crippen LogP contribution in [0.1, 0.15) is 62.3 Å². The van der Waals surface area contributed by atoms with E-state index >= 15 is 0 Å². The minimum atomic E-state index is -3.28. The summed E-state index contributed by atoms with van der Waals surface area (Å²) in [6.45, 7) is 6.06. The van der Waals surface area contributed by atoms with E-state index in [1.165, 1.54) is 33.4 Å². The number of likely N-dealkylation sites (N-methyl/N-ethyl adjacent to an activating group) is 1. The van der Waals surface area contributed by atoms with Crippen molar-refractivity contribution >= 4 is 33.4 Å². The van der Waals surface area contributed by atoms with Crippen LogP contribution >= 0.6 is 0 Å². The van der Waals surface area contributed by atoms with Gasteiger partial charge in [-0.1, -0.05) is 6.07 Å². The van der Waals surface area contributed by atoms with Crippen LogP contribution in [0.4, 0.5) is 15.3 Å². The number of nitrogens with one attached hydrogen (secondary N) is 2. The number of carbonyl (C=O) groups excluding carboxylic acids is 2. The first-order chi connectivity index (χ1) is 17.9. The van der Waals surface area contributed by atoms with E-state index in [2.05, 4.69) is 27.1 Å². The molecule has 2 aromatic rings. The topological polar surface area (TPSA) is 115 Å². The van der Waals surface area contributed by atoms with Gasteiger partial charge in [-0.15, -0.1) is 0 Å². The number of ether oxygens (including phenoxy) is 2. The van der Waals surface area contributed by atoms with Gasteiger partial charge in [-0.05, 0) is 87.4 Å². The fourth-order valence-electron chi connectivity index (χ4n) is 5.55. The number of urea groups is 1. The Bertz CT molecular complexity index is 1340. The van der Waals surface area contributed by atoms with E-state index in [-0.39, 0.29) is 23.4 Å². The Labute approximate surface area is 224 Å². The molecule has 1 aliphatic heterocycles. The zero-order chi connectivity index (χ0) is 27.2. The Morgan fingerprint density at radius 1 is 1.18 bits per heavy atom. The van der Waals surface area contributed by atoms with Gasteiger partial charge >= 0.3 is 12.1 Å². The van der Waals surface area contributed by atoms with Crippen molar-refractivity contribution < 1.29 is 23.3 Å². The Balaban J connectivity index is 1.31. The summed E-state index contributed by atoms with van der Waals surface area (Å²) in [5.41, 5.74) is 5.26. The third-order valence-corrected chi connectivity index (χ3v) is 8.89. The Kier molecular flexibility index (Phi) is 6.83. The predicted octanol–water partition coefficient (Wildman–Crippen LogP) is 3.69. The number of benzene rings is 1. The number of hydrogen-bond donors (Lipinski definition) is 2. The molecule has 0 saturated carbocycles. The molecule has 2 N–H and O–H groups in total. The van der Waals surface area contributed by atoms with Crippen molar-refractivity contribution in [3.05, 3.63) is 34.5 Å². The average Bonchev–Trinajstić information content (AvgIpc) is 3.54. The molecular formula is C27H37N5O5S. The van der Waals surface area contributed by atoms with Crippen LogP contribution in [0.25, 0.3) is 0 Å². The van der Waals surface area contributed by atoms with Crippen molar-refractivity contribution in [1.29, 1.82) is 0 Å². The molecule has 1 aromatic heterocycles. The van der Waals surface area contributed by atoms with E-state index < -0.39 is 27.4 Å². The minimum absolute atomic E-state index is 0.219. The lowest BCUT2D eigenvalue weighted by Crippen LogP contribution is -2.42. The molecule has 206 valence electrons. The number of fused-ring (bicyclic) bond motifs is 3. The molecule has 0 radical (unpaired) electrons. The van der Waals surface area contributed by atoms with Crippen LogP contribution in [0, 0.1) is 0 Å². The van der Waals surface area contributed by atoms with Gasteiger partial charge in [0.15, 0.2) is 0 Å². The zero-order valence-corrected chi connectivity index (χ0v) is 23.4. The fourth-order valence-corrected chi connectivity index (χ4v) is 6.68. The normalized spacial score (nSPS) is 19.7. The monoisotopic (exact) mass is 543 g/mol.